The van der Waals surface area contributed by atoms with Gasteiger partial charge in [-0.1, -0.05) is 84.9 Å². The zero-order valence-electron chi connectivity index (χ0n) is 25.3. The van der Waals surface area contributed by atoms with Gasteiger partial charge in [0, 0.05) is 54.0 Å². The Labute approximate surface area is 268 Å². The lowest BCUT2D eigenvalue weighted by Gasteiger charge is -2.27. The molecule has 0 fully saturated rings. The van der Waals surface area contributed by atoms with E-state index >= 15 is 0 Å². The smallest absolute Gasteiger partial charge is 0.0554 e. The maximum atomic E-state index is 2.40. The van der Waals surface area contributed by atoms with E-state index in [4.69, 9.17) is 0 Å². The summed E-state index contributed by atoms with van der Waals surface area (Å²) in [6.45, 7) is 4.31. The highest BCUT2D eigenvalue weighted by molar-refractivity contribution is 7.26. The van der Waals surface area contributed by atoms with Crippen molar-refractivity contribution in [3.8, 4) is 0 Å². The Bertz CT molecular complexity index is 2300. The zero-order chi connectivity index (χ0) is 30.3. The minimum atomic E-state index is 1.14. The molecule has 0 aliphatic rings. The summed E-state index contributed by atoms with van der Waals surface area (Å²) < 4.78 is 2.57. The number of nitrogens with zero attached hydrogens (tertiary/aromatic N) is 2. The molecule has 0 amide bonds. The van der Waals surface area contributed by atoms with Crippen LogP contribution in [0.1, 0.15) is 11.1 Å². The van der Waals surface area contributed by atoms with Crippen LogP contribution in [0.4, 0.5) is 34.1 Å². The summed E-state index contributed by atoms with van der Waals surface area (Å²) in [5, 5.41) is 5.10. The molecule has 0 bridgehead atoms. The number of benzene rings is 7. The molecule has 3 heteroatoms. The fourth-order valence-electron chi connectivity index (χ4n) is 6.50. The average Bonchev–Trinajstić information content (AvgIpc) is 3.44. The topological polar surface area (TPSA) is 6.48 Å². The van der Waals surface area contributed by atoms with Crippen LogP contribution in [0, 0.1) is 13.8 Å². The summed E-state index contributed by atoms with van der Waals surface area (Å²) in [5.41, 5.74) is 9.42. The van der Waals surface area contributed by atoms with Crippen molar-refractivity contribution < 1.29 is 0 Å². The van der Waals surface area contributed by atoms with Gasteiger partial charge in [0.15, 0.2) is 0 Å². The van der Waals surface area contributed by atoms with Crippen molar-refractivity contribution in [2.45, 2.75) is 13.8 Å². The Hall–Kier alpha value is -5.38. The van der Waals surface area contributed by atoms with Gasteiger partial charge in [-0.25, -0.2) is 0 Å². The molecule has 8 rings (SSSR count). The molecular formula is C42H32N2S. The third kappa shape index (κ3) is 4.92. The second kappa shape index (κ2) is 11.3. The Morgan fingerprint density at radius 2 is 0.911 bits per heavy atom. The van der Waals surface area contributed by atoms with Crippen molar-refractivity contribution in [3.05, 3.63) is 169 Å². The number of para-hydroxylation sites is 2. The lowest BCUT2D eigenvalue weighted by atomic mass is 10.00. The molecule has 216 valence electrons. The van der Waals surface area contributed by atoms with E-state index in [0.717, 1.165) is 28.4 Å². The molecule has 1 aromatic heterocycles. The van der Waals surface area contributed by atoms with Crippen LogP contribution in [-0.2, 0) is 0 Å². The maximum absolute atomic E-state index is 2.40. The Morgan fingerprint density at radius 1 is 0.378 bits per heavy atom. The van der Waals surface area contributed by atoms with Crippen LogP contribution in [0.3, 0.4) is 0 Å². The summed E-state index contributed by atoms with van der Waals surface area (Å²) in [5.74, 6) is 0. The molecule has 8 aromatic rings. The summed E-state index contributed by atoms with van der Waals surface area (Å²) >= 11 is 1.87. The van der Waals surface area contributed by atoms with E-state index in [1.54, 1.807) is 0 Å². The van der Waals surface area contributed by atoms with Crippen molar-refractivity contribution in [2.75, 3.05) is 9.80 Å². The molecule has 0 unspecified atom stereocenters. The van der Waals surface area contributed by atoms with Crippen molar-refractivity contribution in [2.24, 2.45) is 0 Å². The Balaban J connectivity index is 1.38. The van der Waals surface area contributed by atoms with E-state index in [1.165, 1.54) is 47.8 Å². The molecule has 0 N–H and O–H groups in total. The first kappa shape index (κ1) is 27.2. The molecule has 0 saturated carbocycles. The second-order valence-corrected chi connectivity index (χ2v) is 12.7. The number of thiophene rings is 1. The van der Waals surface area contributed by atoms with Gasteiger partial charge in [0.1, 0.15) is 0 Å². The van der Waals surface area contributed by atoms with E-state index < -0.39 is 0 Å². The van der Waals surface area contributed by atoms with E-state index in [0.29, 0.717) is 0 Å². The monoisotopic (exact) mass is 596 g/mol. The minimum Gasteiger partial charge on any atom is -0.310 e. The van der Waals surface area contributed by atoms with Crippen LogP contribution in [0.25, 0.3) is 30.9 Å². The second-order valence-electron chi connectivity index (χ2n) is 11.6. The first-order chi connectivity index (χ1) is 22.1. The summed E-state index contributed by atoms with van der Waals surface area (Å²) in [6.07, 6.45) is 0. The molecule has 0 spiro atoms. The molecule has 45 heavy (non-hydrogen) atoms. The first-order valence-electron chi connectivity index (χ1n) is 15.4. The van der Waals surface area contributed by atoms with Gasteiger partial charge in [-0.15, -0.1) is 11.3 Å². The predicted molar refractivity (Wildman–Crippen MR) is 196 cm³/mol. The lowest BCUT2D eigenvalue weighted by molar-refractivity contribution is 1.28. The molecular weight excluding hydrogens is 565 g/mol. The third-order valence-corrected chi connectivity index (χ3v) is 9.60. The van der Waals surface area contributed by atoms with Crippen molar-refractivity contribution in [1.82, 2.24) is 0 Å². The lowest BCUT2D eigenvalue weighted by Crippen LogP contribution is -2.10. The highest BCUT2D eigenvalue weighted by atomic mass is 32.1. The largest absolute Gasteiger partial charge is 0.310 e. The van der Waals surface area contributed by atoms with Crippen molar-refractivity contribution >= 4 is 76.4 Å². The summed E-state index contributed by atoms with van der Waals surface area (Å²) in [6, 6.07) is 57.1. The van der Waals surface area contributed by atoms with Crippen LogP contribution in [-0.4, -0.2) is 0 Å². The molecule has 0 aliphatic heterocycles. The maximum Gasteiger partial charge on any atom is 0.0554 e. The van der Waals surface area contributed by atoms with E-state index in [9.17, 15) is 0 Å². The molecule has 0 radical (unpaired) electrons. The highest BCUT2D eigenvalue weighted by Gasteiger charge is 2.20. The molecule has 7 aromatic carbocycles. The van der Waals surface area contributed by atoms with Crippen LogP contribution >= 0.6 is 11.3 Å². The van der Waals surface area contributed by atoms with Crippen molar-refractivity contribution in [1.29, 1.82) is 0 Å². The standard InChI is InChI=1S/C42H32N2S/c1-29-13-11-19-33(25-29)43(31-15-5-3-6-16-31)35-23-24-40-38(27-35)42-37-22-10-9-21-36(37)39(28-41(42)45-40)44(32-17-7-4-8-18-32)34-20-12-14-30(2)26-34/h3-28H,1-2H3. The van der Waals surface area contributed by atoms with Crippen LogP contribution in [0.5, 0.6) is 0 Å². The number of rotatable bonds is 6. The normalized spacial score (nSPS) is 11.3. The molecule has 0 saturated heterocycles. The van der Waals surface area contributed by atoms with Gasteiger partial charge in [0.2, 0.25) is 0 Å². The van der Waals surface area contributed by atoms with Gasteiger partial charge < -0.3 is 9.80 Å². The fourth-order valence-corrected chi connectivity index (χ4v) is 7.63. The van der Waals surface area contributed by atoms with Gasteiger partial charge in [0.05, 0.1) is 5.69 Å². The Kier molecular flexibility index (Phi) is 6.81. The number of aryl methyl sites for hydroxylation is 2. The van der Waals surface area contributed by atoms with Crippen LogP contribution in [0.15, 0.2) is 158 Å². The first-order valence-corrected chi connectivity index (χ1v) is 16.2. The highest BCUT2D eigenvalue weighted by Crippen LogP contribution is 2.47. The molecule has 0 atom stereocenters. The van der Waals surface area contributed by atoms with Crippen molar-refractivity contribution in [3.63, 3.8) is 0 Å². The van der Waals surface area contributed by atoms with Crippen LogP contribution < -0.4 is 9.80 Å². The van der Waals surface area contributed by atoms with Gasteiger partial charge in [-0.2, -0.15) is 0 Å². The molecule has 0 aliphatic carbocycles. The minimum absolute atomic E-state index is 1.14. The van der Waals surface area contributed by atoms with E-state index in [-0.39, 0.29) is 0 Å². The number of fused-ring (bicyclic) bond motifs is 5. The number of hydrogen-bond acceptors (Lipinski definition) is 3. The van der Waals surface area contributed by atoms with Gasteiger partial charge in [0.25, 0.3) is 0 Å². The average molecular weight is 597 g/mol. The van der Waals surface area contributed by atoms with Crippen LogP contribution in [0.2, 0.25) is 0 Å². The molecule has 2 nitrogen and oxygen atoms in total. The SMILES string of the molecule is Cc1cccc(N(c2ccccc2)c2ccc3sc4cc(N(c5ccccc5)c5cccc(C)c5)c5ccccc5c4c3c2)c1. The number of hydrogen-bond donors (Lipinski definition) is 0. The van der Waals surface area contributed by atoms with E-state index in [2.05, 4.69) is 181 Å². The number of anilines is 6. The van der Waals surface area contributed by atoms with Gasteiger partial charge in [-0.3, -0.25) is 0 Å². The predicted octanol–water partition coefficient (Wildman–Crippen LogP) is 12.8. The van der Waals surface area contributed by atoms with Gasteiger partial charge in [-0.05, 0) is 103 Å². The molecule has 1 heterocycles. The van der Waals surface area contributed by atoms with Gasteiger partial charge >= 0.3 is 0 Å². The summed E-state index contributed by atoms with van der Waals surface area (Å²) in [4.78, 5) is 4.76. The fraction of sp³-hybridized carbons (Fsp3) is 0.0476. The van der Waals surface area contributed by atoms with E-state index in [1.807, 2.05) is 11.3 Å². The third-order valence-electron chi connectivity index (χ3n) is 8.49. The zero-order valence-corrected chi connectivity index (χ0v) is 26.1. The summed E-state index contributed by atoms with van der Waals surface area (Å²) in [7, 11) is 0. The quantitative estimate of drug-likeness (QED) is 0.188. The Morgan fingerprint density at radius 3 is 1.56 bits per heavy atom.